The molecule has 0 radical (unpaired) electrons. The molecule has 3 aromatic heterocycles. The number of amides is 2. The van der Waals surface area contributed by atoms with Gasteiger partial charge in [-0.2, -0.15) is 0 Å². The SMILES string of the molecule is CC(=O)C[C@H]1[C@]2(C)C3=C(C)[C@H](c4ccoc4-c4ccc(C(=O)NCCCNC(=O)C[C@@H]5N=C(c6ccc(Cl)cc6)c6c(sc(C)c6C)-n6c(C)nnc65)cc4)C[C@H]3O[C@@H]2[C@@H]2OC(=O)[C@]3(C)C=CC(=O)[C@@]1(C)[C@@H]23. The van der Waals surface area contributed by atoms with E-state index in [4.69, 9.17) is 30.5 Å². The molecule has 72 heavy (non-hydrogen) atoms. The fourth-order valence-electron chi connectivity index (χ4n) is 13.5. The quantitative estimate of drug-likeness (QED) is 0.0694. The van der Waals surface area contributed by atoms with Crippen molar-refractivity contribution in [1.29, 1.82) is 0 Å². The van der Waals surface area contributed by atoms with Crippen LogP contribution in [0.5, 0.6) is 0 Å². The number of halogens is 1. The van der Waals surface area contributed by atoms with Gasteiger partial charge < -0.3 is 29.3 Å². The average molecular weight is 1010 g/mol. The summed E-state index contributed by atoms with van der Waals surface area (Å²) in [6, 6.07) is 16.3. The van der Waals surface area contributed by atoms with Gasteiger partial charge in [0.05, 0.1) is 29.9 Å². The van der Waals surface area contributed by atoms with Gasteiger partial charge in [-0.1, -0.05) is 61.4 Å². The van der Waals surface area contributed by atoms with Crippen molar-refractivity contribution < 1.29 is 37.9 Å². The maximum Gasteiger partial charge on any atom is 0.316 e. The van der Waals surface area contributed by atoms with Crippen LogP contribution in [0.25, 0.3) is 16.3 Å². The van der Waals surface area contributed by atoms with Gasteiger partial charge in [-0.3, -0.25) is 28.7 Å². The van der Waals surface area contributed by atoms with Gasteiger partial charge in [0.2, 0.25) is 5.91 Å². The number of thiophene rings is 1. The lowest BCUT2D eigenvalue weighted by atomic mass is 9.42. The molecule has 2 saturated heterocycles. The minimum absolute atomic E-state index is 0.0173. The second kappa shape index (κ2) is 17.4. The van der Waals surface area contributed by atoms with Crippen LogP contribution in [0, 0.1) is 48.9 Å². The Hall–Kier alpha value is -6.29. The predicted octanol–water partition coefficient (Wildman–Crippen LogP) is 9.27. The van der Waals surface area contributed by atoms with Gasteiger partial charge in [0.25, 0.3) is 5.91 Å². The third-order valence-electron chi connectivity index (χ3n) is 17.0. The number of fused-ring (bicyclic) bond motifs is 7. The minimum atomic E-state index is -1.03. The lowest BCUT2D eigenvalue weighted by Gasteiger charge is -2.59. The lowest BCUT2D eigenvalue weighted by Crippen LogP contribution is -2.66. The van der Waals surface area contributed by atoms with E-state index in [0.717, 1.165) is 54.6 Å². The van der Waals surface area contributed by atoms with Gasteiger partial charge in [-0.05, 0) is 108 Å². The molecule has 10 atom stereocenters. The van der Waals surface area contributed by atoms with Gasteiger partial charge in [-0.25, -0.2) is 0 Å². The van der Waals surface area contributed by atoms with Crippen LogP contribution >= 0.6 is 22.9 Å². The zero-order valence-corrected chi connectivity index (χ0v) is 43.1. The van der Waals surface area contributed by atoms with E-state index in [0.29, 0.717) is 53.9 Å². The van der Waals surface area contributed by atoms with Crippen LogP contribution in [-0.4, -0.2) is 81.2 Å². The van der Waals surface area contributed by atoms with E-state index in [2.05, 4.69) is 48.5 Å². The van der Waals surface area contributed by atoms with Crippen LogP contribution in [0.4, 0.5) is 0 Å². The predicted molar refractivity (Wildman–Crippen MR) is 271 cm³/mol. The number of hydrogen-bond donors (Lipinski definition) is 2. The van der Waals surface area contributed by atoms with Gasteiger partial charge in [0.15, 0.2) is 11.6 Å². The maximum atomic E-state index is 14.1. The standard InChI is InChI=1S/C56H57ClN6O8S/c1-27(64)24-40-55(7)41(65)18-20-54(6)48(55)47(71-53(54)68)49-56(40,8)44-29(3)37(25-39(44)70-49)36-19-23-69-46(36)33-10-12-34(13-11-33)51(67)59-22-9-21-58-42(66)26-38-50-62-61-31(5)63(50)52-43(28(2)30(4)72-52)45(60-38)32-14-16-35(57)17-15-32/h10-20,23,37-40,47-49H,9,21-22,24-26H2,1-8H3,(H,58,66)(H,59,67)/t37-,38+,39-,40-,47-,48+,49-,54-,55+,56-/m1/s1. The number of hydrogen-bond acceptors (Lipinski definition) is 12. The Labute approximate surface area is 426 Å². The Balaban J connectivity index is 0.745. The molecule has 3 aliphatic heterocycles. The summed E-state index contributed by atoms with van der Waals surface area (Å²) in [5, 5.41) is 16.5. The molecular formula is C56H57ClN6O8S. The molecule has 6 heterocycles. The van der Waals surface area contributed by atoms with Crippen LogP contribution in [0.3, 0.4) is 0 Å². The van der Waals surface area contributed by atoms with Crippen molar-refractivity contribution in [3.05, 3.63) is 134 Å². The molecule has 0 bridgehead atoms. The Morgan fingerprint density at radius 3 is 2.36 bits per heavy atom. The van der Waals surface area contributed by atoms with Gasteiger partial charge in [-0.15, -0.1) is 21.5 Å². The van der Waals surface area contributed by atoms with Crippen LogP contribution in [0.1, 0.15) is 121 Å². The molecule has 14 nitrogen and oxygen atoms in total. The molecule has 0 unspecified atom stereocenters. The highest BCUT2D eigenvalue weighted by Crippen LogP contribution is 2.72. The molecule has 5 aromatic rings. The normalized spacial score (nSPS) is 29.7. The Morgan fingerprint density at radius 1 is 0.903 bits per heavy atom. The monoisotopic (exact) mass is 1010 g/mol. The van der Waals surface area contributed by atoms with Crippen molar-refractivity contribution >= 4 is 58.0 Å². The molecule has 6 aliphatic rings. The fraction of sp³-hybridized carbons (Fsp3) is 0.429. The Bertz CT molecular complexity index is 3220. The van der Waals surface area contributed by atoms with Crippen LogP contribution in [-0.2, 0) is 28.7 Å². The molecule has 1 saturated carbocycles. The fourth-order valence-corrected chi connectivity index (χ4v) is 14.9. The highest BCUT2D eigenvalue weighted by molar-refractivity contribution is 7.15. The number of carbonyl (C=O) groups excluding carboxylic acids is 5. The molecule has 2 N–H and O–H groups in total. The minimum Gasteiger partial charge on any atom is -0.464 e. The van der Waals surface area contributed by atoms with E-state index in [9.17, 15) is 24.0 Å². The van der Waals surface area contributed by atoms with Crippen LogP contribution in [0.2, 0.25) is 5.02 Å². The number of rotatable bonds is 12. The number of allylic oxidation sites excluding steroid dienone is 2. The highest BCUT2D eigenvalue weighted by Gasteiger charge is 2.77. The summed E-state index contributed by atoms with van der Waals surface area (Å²) in [5.74, 6) is 0.153. The third-order valence-corrected chi connectivity index (χ3v) is 18.5. The maximum absolute atomic E-state index is 14.1. The van der Waals surface area contributed by atoms with Crippen molar-refractivity contribution in [2.45, 2.75) is 111 Å². The summed E-state index contributed by atoms with van der Waals surface area (Å²) in [4.78, 5) is 74.1. The molecule has 2 aromatic carbocycles. The number of aromatic nitrogens is 3. The topological polar surface area (TPSA) is 184 Å². The lowest BCUT2D eigenvalue weighted by molar-refractivity contribution is -0.187. The van der Waals surface area contributed by atoms with Crippen molar-refractivity contribution in [3.8, 4) is 16.3 Å². The number of Topliss-reactive ketones (excluding diaryl/α,β-unsaturated/α-hetero) is 1. The van der Waals surface area contributed by atoms with E-state index < -0.39 is 46.3 Å². The summed E-state index contributed by atoms with van der Waals surface area (Å²) < 4.78 is 21.4. The van der Waals surface area contributed by atoms with Gasteiger partial charge in [0.1, 0.15) is 40.6 Å². The van der Waals surface area contributed by atoms with E-state index in [1.54, 1.807) is 42.7 Å². The number of aliphatic imine (C=N–C) groups is 1. The number of carbonyl (C=O) groups is 5. The van der Waals surface area contributed by atoms with Crippen molar-refractivity contribution in [3.63, 3.8) is 0 Å². The number of ether oxygens (including phenoxy) is 2. The highest BCUT2D eigenvalue weighted by atomic mass is 35.5. The first-order chi connectivity index (χ1) is 34.4. The summed E-state index contributed by atoms with van der Waals surface area (Å²) in [7, 11) is 0. The third kappa shape index (κ3) is 7.19. The van der Waals surface area contributed by atoms with E-state index in [-0.39, 0.29) is 54.2 Å². The number of benzene rings is 2. The van der Waals surface area contributed by atoms with Crippen molar-refractivity contribution in [1.82, 2.24) is 25.4 Å². The first-order valence-corrected chi connectivity index (χ1v) is 26.0. The molecule has 0 spiro atoms. The van der Waals surface area contributed by atoms with Gasteiger partial charge in [0, 0.05) is 79.9 Å². The number of furan rings is 1. The first-order valence-electron chi connectivity index (χ1n) is 24.8. The molecule has 16 heteroatoms. The smallest absolute Gasteiger partial charge is 0.316 e. The molecule has 11 rings (SSSR count). The summed E-state index contributed by atoms with van der Waals surface area (Å²) in [6.07, 6.45) is 4.82. The Morgan fingerprint density at radius 2 is 1.62 bits per heavy atom. The van der Waals surface area contributed by atoms with E-state index in [1.807, 2.05) is 67.8 Å². The first kappa shape index (κ1) is 48.0. The number of ketones is 2. The summed E-state index contributed by atoms with van der Waals surface area (Å²) >= 11 is 7.92. The van der Waals surface area contributed by atoms with Crippen molar-refractivity contribution in [2.75, 3.05) is 13.1 Å². The number of nitrogens with one attached hydrogen (secondary N) is 2. The van der Waals surface area contributed by atoms with E-state index >= 15 is 0 Å². The number of nitrogens with zero attached hydrogens (tertiary/aromatic N) is 4. The Kier molecular flexibility index (Phi) is 11.6. The zero-order valence-electron chi connectivity index (χ0n) is 41.6. The van der Waals surface area contributed by atoms with Crippen molar-refractivity contribution in [2.24, 2.45) is 33.1 Å². The second-order valence-corrected chi connectivity index (χ2v) is 22.8. The molecule has 3 aliphatic carbocycles. The zero-order chi connectivity index (χ0) is 50.8. The largest absolute Gasteiger partial charge is 0.464 e. The number of aryl methyl sites for hydroxylation is 2. The molecule has 2 amide bonds. The van der Waals surface area contributed by atoms with Gasteiger partial charge >= 0.3 is 5.97 Å². The van der Waals surface area contributed by atoms with Crippen LogP contribution < -0.4 is 10.6 Å². The second-order valence-electron chi connectivity index (χ2n) is 21.1. The average Bonchev–Trinajstić information content (AvgIpc) is 4.19. The molecular weight excluding hydrogens is 952 g/mol. The molecule has 3 fully saturated rings. The summed E-state index contributed by atoms with van der Waals surface area (Å²) in [5.41, 5.74) is 5.45. The van der Waals surface area contributed by atoms with E-state index in [1.165, 1.54) is 6.08 Å². The van der Waals surface area contributed by atoms with Crippen LogP contribution in [0.15, 0.2) is 93.6 Å². The molecule has 372 valence electrons. The number of esters is 1. The summed E-state index contributed by atoms with van der Waals surface area (Å²) in [6.45, 7) is 16.3.